The number of halogens is 1. The number of carboxylic acids is 1. The molecule has 2 N–H and O–H groups in total. The fourth-order valence-corrected chi connectivity index (χ4v) is 4.73. The van der Waals surface area contributed by atoms with E-state index in [1.54, 1.807) is 0 Å². The predicted octanol–water partition coefficient (Wildman–Crippen LogP) is 0.736. The summed E-state index contributed by atoms with van der Waals surface area (Å²) in [6.07, 6.45) is 1.24. The SMILES string of the molecule is O=C(O)c1cc(S(=O)(=O)NC2C=CS(=O)(=O)C2)ccc1Br. The summed E-state index contributed by atoms with van der Waals surface area (Å²) < 4.78 is 49.2. The molecule has 1 aliphatic heterocycles. The smallest absolute Gasteiger partial charge is 0.336 e. The molecule has 0 saturated carbocycles. The first-order valence-electron chi connectivity index (χ1n) is 5.57. The molecule has 114 valence electrons. The molecule has 1 heterocycles. The second-order valence-electron chi connectivity index (χ2n) is 4.33. The number of sulfonamides is 1. The minimum absolute atomic E-state index is 0.201. The highest BCUT2D eigenvalue weighted by Gasteiger charge is 2.27. The van der Waals surface area contributed by atoms with Crippen molar-refractivity contribution in [3.63, 3.8) is 0 Å². The Morgan fingerprint density at radius 1 is 1.38 bits per heavy atom. The van der Waals surface area contributed by atoms with Crippen LogP contribution in [0, 0.1) is 0 Å². The number of nitrogens with one attached hydrogen (secondary N) is 1. The van der Waals surface area contributed by atoms with Crippen LogP contribution in [0.5, 0.6) is 0 Å². The van der Waals surface area contributed by atoms with Crippen LogP contribution in [0.1, 0.15) is 10.4 Å². The van der Waals surface area contributed by atoms with Gasteiger partial charge < -0.3 is 5.11 Å². The molecule has 0 amide bonds. The minimum Gasteiger partial charge on any atom is -0.478 e. The van der Waals surface area contributed by atoms with E-state index in [1.807, 2.05) is 0 Å². The lowest BCUT2D eigenvalue weighted by atomic mass is 10.2. The van der Waals surface area contributed by atoms with Crippen LogP contribution in [0.25, 0.3) is 0 Å². The summed E-state index contributed by atoms with van der Waals surface area (Å²) in [5.74, 6) is -1.63. The minimum atomic E-state index is -4.02. The van der Waals surface area contributed by atoms with E-state index in [9.17, 15) is 21.6 Å². The van der Waals surface area contributed by atoms with E-state index in [0.29, 0.717) is 0 Å². The van der Waals surface area contributed by atoms with Gasteiger partial charge in [0, 0.05) is 9.88 Å². The molecule has 1 atom stereocenters. The molecule has 1 aromatic rings. The highest BCUT2D eigenvalue weighted by Crippen LogP contribution is 2.22. The summed E-state index contributed by atoms with van der Waals surface area (Å²) >= 11 is 3.01. The molecule has 1 aliphatic rings. The van der Waals surface area contributed by atoms with Gasteiger partial charge >= 0.3 is 5.97 Å². The summed E-state index contributed by atoms with van der Waals surface area (Å²) in [6.45, 7) is 0. The predicted molar refractivity (Wildman–Crippen MR) is 78.1 cm³/mol. The molecular formula is C11H10BrNO6S2. The highest BCUT2D eigenvalue weighted by atomic mass is 79.9. The van der Waals surface area contributed by atoms with E-state index in [2.05, 4.69) is 20.7 Å². The van der Waals surface area contributed by atoms with E-state index < -0.39 is 31.9 Å². The van der Waals surface area contributed by atoms with Crippen LogP contribution in [0.4, 0.5) is 0 Å². The zero-order valence-electron chi connectivity index (χ0n) is 10.4. The molecule has 1 unspecified atom stereocenters. The highest BCUT2D eigenvalue weighted by molar-refractivity contribution is 9.10. The van der Waals surface area contributed by atoms with Gasteiger partial charge in [-0.25, -0.2) is 26.4 Å². The third kappa shape index (κ3) is 3.70. The van der Waals surface area contributed by atoms with Gasteiger partial charge in [0.05, 0.1) is 22.3 Å². The van der Waals surface area contributed by atoms with Gasteiger partial charge in [0.15, 0.2) is 9.84 Å². The Morgan fingerprint density at radius 3 is 2.57 bits per heavy atom. The van der Waals surface area contributed by atoms with Crippen LogP contribution in [0.3, 0.4) is 0 Å². The summed E-state index contributed by atoms with van der Waals surface area (Å²) in [5, 5.41) is 9.92. The number of carboxylic acid groups (broad SMARTS) is 1. The van der Waals surface area contributed by atoms with Crippen molar-refractivity contribution in [2.24, 2.45) is 0 Å². The first kappa shape index (κ1) is 16.1. The van der Waals surface area contributed by atoms with Gasteiger partial charge in [0.25, 0.3) is 0 Å². The van der Waals surface area contributed by atoms with Crippen molar-refractivity contribution in [2.75, 3.05) is 5.75 Å². The lowest BCUT2D eigenvalue weighted by molar-refractivity contribution is 0.0695. The van der Waals surface area contributed by atoms with Crippen molar-refractivity contribution < 1.29 is 26.7 Å². The van der Waals surface area contributed by atoms with Crippen molar-refractivity contribution in [3.8, 4) is 0 Å². The zero-order chi connectivity index (χ0) is 15.8. The van der Waals surface area contributed by atoms with Crippen LogP contribution in [-0.4, -0.2) is 39.7 Å². The maximum absolute atomic E-state index is 12.1. The third-order valence-electron chi connectivity index (χ3n) is 2.72. The van der Waals surface area contributed by atoms with Crippen molar-refractivity contribution in [1.29, 1.82) is 0 Å². The number of rotatable bonds is 4. The molecule has 0 aliphatic carbocycles. The first-order valence-corrected chi connectivity index (χ1v) is 9.56. The first-order chi connectivity index (χ1) is 9.61. The summed E-state index contributed by atoms with van der Waals surface area (Å²) in [4.78, 5) is 10.7. The summed E-state index contributed by atoms with van der Waals surface area (Å²) in [6, 6.07) is 2.67. The monoisotopic (exact) mass is 395 g/mol. The molecule has 0 radical (unpaired) electrons. The number of benzene rings is 1. The van der Waals surface area contributed by atoms with Gasteiger partial charge in [-0.2, -0.15) is 0 Å². The maximum Gasteiger partial charge on any atom is 0.336 e. The molecule has 2 rings (SSSR count). The Morgan fingerprint density at radius 2 is 2.05 bits per heavy atom. The summed E-state index contributed by atoms with van der Waals surface area (Å²) in [5.41, 5.74) is -0.201. The van der Waals surface area contributed by atoms with Gasteiger partial charge in [-0.1, -0.05) is 6.08 Å². The molecule has 0 saturated heterocycles. The van der Waals surface area contributed by atoms with Crippen LogP contribution in [0.15, 0.2) is 39.1 Å². The molecule has 7 nitrogen and oxygen atoms in total. The van der Waals surface area contributed by atoms with E-state index in [1.165, 1.54) is 18.2 Å². The van der Waals surface area contributed by atoms with Gasteiger partial charge in [0.2, 0.25) is 10.0 Å². The molecule has 0 bridgehead atoms. The fraction of sp³-hybridized carbons (Fsp3) is 0.182. The number of carbonyl (C=O) groups is 1. The van der Waals surface area contributed by atoms with Crippen molar-refractivity contribution in [1.82, 2.24) is 4.72 Å². The second kappa shape index (κ2) is 5.52. The quantitative estimate of drug-likeness (QED) is 0.775. The Kier molecular flexibility index (Phi) is 4.24. The van der Waals surface area contributed by atoms with Gasteiger partial charge in [-0.05, 0) is 34.1 Å². The average molecular weight is 396 g/mol. The average Bonchev–Trinajstić information content (AvgIpc) is 2.67. The lowest BCUT2D eigenvalue weighted by Crippen LogP contribution is -2.35. The van der Waals surface area contributed by atoms with Gasteiger partial charge in [-0.15, -0.1) is 0 Å². The topological polar surface area (TPSA) is 118 Å². The number of hydrogen-bond donors (Lipinski definition) is 2. The maximum atomic E-state index is 12.1. The Labute approximate surface area is 129 Å². The van der Waals surface area contributed by atoms with Crippen LogP contribution in [0.2, 0.25) is 0 Å². The van der Waals surface area contributed by atoms with Gasteiger partial charge in [0.1, 0.15) is 0 Å². The van der Waals surface area contributed by atoms with E-state index >= 15 is 0 Å². The summed E-state index contributed by atoms with van der Waals surface area (Å²) in [7, 11) is -7.40. The zero-order valence-corrected chi connectivity index (χ0v) is 13.6. The Balaban J connectivity index is 2.31. The van der Waals surface area contributed by atoms with Gasteiger partial charge in [-0.3, -0.25) is 0 Å². The number of hydrogen-bond acceptors (Lipinski definition) is 5. The molecular weight excluding hydrogens is 386 g/mol. The third-order valence-corrected chi connectivity index (χ3v) is 6.29. The number of aromatic carboxylic acids is 1. The Bertz CT molecular complexity index is 828. The number of sulfone groups is 1. The van der Waals surface area contributed by atoms with E-state index in [-0.39, 0.29) is 20.7 Å². The van der Waals surface area contributed by atoms with E-state index in [4.69, 9.17) is 5.11 Å². The van der Waals surface area contributed by atoms with Crippen LogP contribution < -0.4 is 4.72 Å². The van der Waals surface area contributed by atoms with Crippen molar-refractivity contribution in [3.05, 3.63) is 39.7 Å². The fourth-order valence-electron chi connectivity index (χ4n) is 1.75. The molecule has 21 heavy (non-hydrogen) atoms. The molecule has 10 heteroatoms. The molecule has 1 aromatic carbocycles. The van der Waals surface area contributed by atoms with E-state index in [0.717, 1.165) is 11.5 Å². The van der Waals surface area contributed by atoms with Crippen molar-refractivity contribution >= 4 is 41.8 Å². The van der Waals surface area contributed by atoms with Crippen molar-refractivity contribution in [2.45, 2.75) is 10.9 Å². The largest absolute Gasteiger partial charge is 0.478 e. The lowest BCUT2D eigenvalue weighted by Gasteiger charge is -2.11. The molecule has 0 aromatic heterocycles. The van der Waals surface area contributed by atoms with Crippen LogP contribution in [-0.2, 0) is 19.9 Å². The normalized spacial score (nSPS) is 20.5. The Hall–Kier alpha value is -1.23. The second-order valence-corrected chi connectivity index (χ2v) is 8.83. The molecule has 0 spiro atoms. The standard InChI is InChI=1S/C11H10BrNO6S2/c12-10-2-1-8(5-9(10)11(14)15)21(18,19)13-7-3-4-20(16,17)6-7/h1-5,7,13H,6H2,(H,14,15). The molecule has 0 fully saturated rings. The van der Waals surface area contributed by atoms with Crippen LogP contribution >= 0.6 is 15.9 Å².